The molecule has 0 aromatic heterocycles. The lowest BCUT2D eigenvalue weighted by atomic mass is 10.1. The van der Waals surface area contributed by atoms with E-state index in [4.69, 9.17) is 23.2 Å². The summed E-state index contributed by atoms with van der Waals surface area (Å²) >= 11 is 12.2. The van der Waals surface area contributed by atoms with Gasteiger partial charge in [-0.05, 0) is 36.6 Å². The summed E-state index contributed by atoms with van der Waals surface area (Å²) in [4.78, 5) is 12.7. The van der Waals surface area contributed by atoms with E-state index < -0.39 is 16.1 Å². The van der Waals surface area contributed by atoms with Gasteiger partial charge in [0.2, 0.25) is 15.9 Å². The second kappa shape index (κ2) is 9.44. The summed E-state index contributed by atoms with van der Waals surface area (Å²) in [5.41, 5.74) is 1.28. The normalized spacial score (nSPS) is 12.4. The van der Waals surface area contributed by atoms with Gasteiger partial charge in [-0.1, -0.05) is 60.5 Å². The van der Waals surface area contributed by atoms with Gasteiger partial charge in [0.1, 0.15) is 6.04 Å². The zero-order valence-corrected chi connectivity index (χ0v) is 17.5. The van der Waals surface area contributed by atoms with Gasteiger partial charge in [-0.3, -0.25) is 9.10 Å². The molecule has 0 unspecified atom stereocenters. The number of halogens is 2. The number of benzene rings is 2. The lowest BCUT2D eigenvalue weighted by Gasteiger charge is -2.30. The number of rotatable bonds is 8. The van der Waals surface area contributed by atoms with Crippen LogP contribution in [0.25, 0.3) is 0 Å². The van der Waals surface area contributed by atoms with Crippen LogP contribution in [0.3, 0.4) is 0 Å². The lowest BCUT2D eigenvalue weighted by Crippen LogP contribution is -2.49. The van der Waals surface area contributed by atoms with E-state index >= 15 is 0 Å². The predicted octanol–water partition coefficient (Wildman–Crippen LogP) is 3.90. The Kier molecular flexibility index (Phi) is 7.53. The number of amides is 1. The van der Waals surface area contributed by atoms with E-state index in [9.17, 15) is 13.2 Å². The Morgan fingerprint density at radius 3 is 2.41 bits per heavy atom. The van der Waals surface area contributed by atoms with Gasteiger partial charge < -0.3 is 5.32 Å². The molecule has 27 heavy (non-hydrogen) atoms. The van der Waals surface area contributed by atoms with Crippen molar-refractivity contribution < 1.29 is 13.2 Å². The van der Waals surface area contributed by atoms with Crippen LogP contribution in [0, 0.1) is 0 Å². The summed E-state index contributed by atoms with van der Waals surface area (Å²) in [5, 5.41) is 3.36. The van der Waals surface area contributed by atoms with Crippen molar-refractivity contribution in [3.63, 3.8) is 0 Å². The molecule has 0 radical (unpaired) electrons. The molecule has 5 nitrogen and oxygen atoms in total. The SMILES string of the molecule is CC[C@@H](C(=O)NCCc1ccccc1)N(c1cc(Cl)ccc1Cl)S(C)(=O)=O. The molecule has 0 bridgehead atoms. The van der Waals surface area contributed by atoms with Crippen LogP contribution in [0.15, 0.2) is 48.5 Å². The van der Waals surface area contributed by atoms with Gasteiger partial charge in [-0.25, -0.2) is 8.42 Å². The van der Waals surface area contributed by atoms with Crippen LogP contribution in [0.5, 0.6) is 0 Å². The first-order chi connectivity index (χ1) is 12.7. The number of anilines is 1. The maximum atomic E-state index is 12.7. The van der Waals surface area contributed by atoms with Crippen molar-refractivity contribution >= 4 is 44.8 Å². The van der Waals surface area contributed by atoms with Gasteiger partial charge in [0.05, 0.1) is 17.0 Å². The highest BCUT2D eigenvalue weighted by Crippen LogP contribution is 2.32. The van der Waals surface area contributed by atoms with E-state index in [0.717, 1.165) is 16.1 Å². The van der Waals surface area contributed by atoms with E-state index in [0.29, 0.717) is 18.0 Å². The fraction of sp³-hybridized carbons (Fsp3) is 0.316. The zero-order chi connectivity index (χ0) is 20.0. The Morgan fingerprint density at radius 2 is 1.81 bits per heavy atom. The highest BCUT2D eigenvalue weighted by Gasteiger charge is 2.32. The minimum Gasteiger partial charge on any atom is -0.354 e. The van der Waals surface area contributed by atoms with Crippen LogP contribution in [0.1, 0.15) is 18.9 Å². The molecular formula is C19H22Cl2N2O3S. The number of carbonyl (C=O) groups is 1. The molecule has 8 heteroatoms. The Morgan fingerprint density at radius 1 is 1.15 bits per heavy atom. The van der Waals surface area contributed by atoms with Crippen LogP contribution < -0.4 is 9.62 Å². The van der Waals surface area contributed by atoms with E-state index in [2.05, 4.69) is 5.32 Å². The van der Waals surface area contributed by atoms with Crippen LogP contribution in [0.2, 0.25) is 10.0 Å². The van der Waals surface area contributed by atoms with E-state index in [1.54, 1.807) is 13.0 Å². The molecule has 1 atom stereocenters. The highest BCUT2D eigenvalue weighted by molar-refractivity contribution is 7.92. The molecule has 0 spiro atoms. The molecular weight excluding hydrogens is 407 g/mol. The van der Waals surface area contributed by atoms with Crippen molar-refractivity contribution in [3.8, 4) is 0 Å². The number of nitrogens with one attached hydrogen (secondary N) is 1. The molecule has 2 aromatic rings. The Hall–Kier alpha value is -1.76. The first-order valence-corrected chi connectivity index (χ1v) is 11.1. The first kappa shape index (κ1) is 21.5. The van der Waals surface area contributed by atoms with Crippen molar-refractivity contribution in [1.82, 2.24) is 5.32 Å². The standard InChI is InChI=1S/C19H22Cl2N2O3S/c1-3-17(19(24)22-12-11-14-7-5-4-6-8-14)23(27(2,25)26)18-13-15(20)9-10-16(18)21/h4-10,13,17H,3,11-12H2,1-2H3,(H,22,24)/t17-/m0/s1. The average molecular weight is 429 g/mol. The number of hydrogen-bond donors (Lipinski definition) is 1. The fourth-order valence-electron chi connectivity index (χ4n) is 2.78. The van der Waals surface area contributed by atoms with E-state index in [1.807, 2.05) is 30.3 Å². The molecule has 0 saturated heterocycles. The molecule has 1 N–H and O–H groups in total. The summed E-state index contributed by atoms with van der Waals surface area (Å²) in [5.74, 6) is -0.380. The summed E-state index contributed by atoms with van der Waals surface area (Å²) in [6.07, 6.45) is 1.98. The molecule has 146 valence electrons. The Balaban J connectivity index is 2.22. The van der Waals surface area contributed by atoms with Crippen LogP contribution in [0.4, 0.5) is 5.69 Å². The predicted molar refractivity (Wildman–Crippen MR) is 111 cm³/mol. The molecule has 2 aromatic carbocycles. The van der Waals surface area contributed by atoms with Crippen molar-refractivity contribution in [2.75, 3.05) is 17.1 Å². The minimum absolute atomic E-state index is 0.191. The number of hydrogen-bond acceptors (Lipinski definition) is 3. The monoisotopic (exact) mass is 428 g/mol. The van der Waals surface area contributed by atoms with Crippen molar-refractivity contribution in [1.29, 1.82) is 0 Å². The van der Waals surface area contributed by atoms with E-state index in [-0.39, 0.29) is 23.0 Å². The van der Waals surface area contributed by atoms with Gasteiger partial charge in [0, 0.05) is 11.6 Å². The maximum Gasteiger partial charge on any atom is 0.243 e. The third kappa shape index (κ3) is 5.86. The molecule has 1 amide bonds. The zero-order valence-electron chi connectivity index (χ0n) is 15.2. The third-order valence-electron chi connectivity index (χ3n) is 4.03. The van der Waals surface area contributed by atoms with Crippen LogP contribution in [-0.2, 0) is 21.2 Å². The minimum atomic E-state index is -3.76. The second-order valence-corrected chi connectivity index (χ2v) is 8.81. The van der Waals surface area contributed by atoms with Gasteiger partial charge >= 0.3 is 0 Å². The molecule has 0 aliphatic rings. The molecule has 0 fully saturated rings. The number of nitrogens with zero attached hydrogens (tertiary/aromatic N) is 1. The Bertz CT molecular complexity index is 889. The summed E-state index contributed by atoms with van der Waals surface area (Å²) in [6.45, 7) is 2.15. The number of sulfonamides is 1. The van der Waals surface area contributed by atoms with Crippen molar-refractivity contribution in [2.24, 2.45) is 0 Å². The van der Waals surface area contributed by atoms with Crippen molar-refractivity contribution in [2.45, 2.75) is 25.8 Å². The topological polar surface area (TPSA) is 66.5 Å². The second-order valence-electron chi connectivity index (χ2n) is 6.11. The third-order valence-corrected chi connectivity index (χ3v) is 5.75. The summed E-state index contributed by atoms with van der Waals surface area (Å²) < 4.78 is 25.9. The smallest absolute Gasteiger partial charge is 0.243 e. The molecule has 0 aliphatic carbocycles. The quantitative estimate of drug-likeness (QED) is 0.692. The largest absolute Gasteiger partial charge is 0.354 e. The number of carbonyl (C=O) groups excluding carboxylic acids is 1. The van der Waals surface area contributed by atoms with Gasteiger partial charge in [-0.15, -0.1) is 0 Å². The molecule has 2 rings (SSSR count). The summed E-state index contributed by atoms with van der Waals surface area (Å²) in [7, 11) is -3.76. The molecule has 0 saturated carbocycles. The average Bonchev–Trinajstić information content (AvgIpc) is 2.61. The fourth-order valence-corrected chi connectivity index (χ4v) is 4.42. The lowest BCUT2D eigenvalue weighted by molar-refractivity contribution is -0.122. The summed E-state index contributed by atoms with van der Waals surface area (Å²) in [6, 6.07) is 13.3. The maximum absolute atomic E-state index is 12.7. The highest BCUT2D eigenvalue weighted by atomic mass is 35.5. The van der Waals surface area contributed by atoms with Crippen molar-refractivity contribution in [3.05, 3.63) is 64.1 Å². The first-order valence-electron chi connectivity index (χ1n) is 8.50. The van der Waals surface area contributed by atoms with Crippen LogP contribution >= 0.6 is 23.2 Å². The van der Waals surface area contributed by atoms with E-state index in [1.165, 1.54) is 12.1 Å². The van der Waals surface area contributed by atoms with Gasteiger partial charge in [0.25, 0.3) is 0 Å². The molecule has 0 aliphatic heterocycles. The van der Waals surface area contributed by atoms with Gasteiger partial charge in [0.15, 0.2) is 0 Å². The van der Waals surface area contributed by atoms with Gasteiger partial charge in [-0.2, -0.15) is 0 Å². The van der Waals surface area contributed by atoms with Crippen LogP contribution in [-0.4, -0.2) is 33.2 Å². The molecule has 0 heterocycles. The Labute approximate surface area is 170 Å².